The third kappa shape index (κ3) is 2.60. The van der Waals surface area contributed by atoms with E-state index in [1.807, 2.05) is 0 Å². The molecule has 1 fully saturated rings. The first-order valence-corrected chi connectivity index (χ1v) is 7.93. The van der Waals surface area contributed by atoms with Crippen molar-refractivity contribution in [3.8, 4) is 0 Å². The van der Waals surface area contributed by atoms with Gasteiger partial charge < -0.3 is 9.84 Å². The van der Waals surface area contributed by atoms with Crippen molar-refractivity contribution in [3.05, 3.63) is 17.0 Å². The Morgan fingerprint density at radius 1 is 1.25 bits per heavy atom. The summed E-state index contributed by atoms with van der Waals surface area (Å²) in [5.41, 5.74) is 1.58. The standard InChI is InChI=1S/C16H24N2O2/c1-10-7-8-14-12(9-10)15(18-20-14)16(19)17-13-6-4-3-5-11(13)2/h10-11,13H,3-9H2,1-2H3,(H,17,19)/t10-,11+,13-/m1/s1. The van der Waals surface area contributed by atoms with E-state index in [1.165, 1.54) is 19.3 Å². The second kappa shape index (κ2) is 5.58. The number of rotatable bonds is 2. The van der Waals surface area contributed by atoms with Gasteiger partial charge >= 0.3 is 0 Å². The molecule has 0 spiro atoms. The Labute approximate surface area is 120 Å². The van der Waals surface area contributed by atoms with Gasteiger partial charge in [-0.3, -0.25) is 4.79 Å². The number of aromatic nitrogens is 1. The summed E-state index contributed by atoms with van der Waals surface area (Å²) in [4.78, 5) is 12.5. The quantitative estimate of drug-likeness (QED) is 0.903. The van der Waals surface area contributed by atoms with Crippen LogP contribution in [0.25, 0.3) is 0 Å². The largest absolute Gasteiger partial charge is 0.360 e. The third-order valence-corrected chi connectivity index (χ3v) is 4.93. The minimum Gasteiger partial charge on any atom is -0.360 e. The van der Waals surface area contributed by atoms with Gasteiger partial charge in [0.05, 0.1) is 0 Å². The molecule has 20 heavy (non-hydrogen) atoms. The second-order valence-corrected chi connectivity index (χ2v) is 6.62. The Kier molecular flexibility index (Phi) is 3.81. The van der Waals surface area contributed by atoms with Crippen molar-refractivity contribution in [2.45, 2.75) is 64.8 Å². The molecule has 2 aliphatic carbocycles. The van der Waals surface area contributed by atoms with Gasteiger partial charge in [0, 0.05) is 18.0 Å². The summed E-state index contributed by atoms with van der Waals surface area (Å²) in [5, 5.41) is 7.21. The van der Waals surface area contributed by atoms with Gasteiger partial charge in [0.15, 0.2) is 5.69 Å². The molecule has 1 amide bonds. The van der Waals surface area contributed by atoms with E-state index in [2.05, 4.69) is 24.3 Å². The molecule has 3 atom stereocenters. The van der Waals surface area contributed by atoms with E-state index in [4.69, 9.17) is 4.52 Å². The van der Waals surface area contributed by atoms with Crippen LogP contribution in [0.2, 0.25) is 0 Å². The number of nitrogens with zero attached hydrogens (tertiary/aromatic N) is 1. The number of carbonyl (C=O) groups is 1. The molecular formula is C16H24N2O2. The predicted molar refractivity (Wildman–Crippen MR) is 76.6 cm³/mol. The topological polar surface area (TPSA) is 55.1 Å². The van der Waals surface area contributed by atoms with Crippen LogP contribution >= 0.6 is 0 Å². The fourth-order valence-electron chi connectivity index (χ4n) is 3.52. The highest BCUT2D eigenvalue weighted by Gasteiger charge is 2.29. The molecule has 0 aromatic carbocycles. The number of hydrogen-bond donors (Lipinski definition) is 1. The van der Waals surface area contributed by atoms with E-state index in [-0.39, 0.29) is 5.91 Å². The van der Waals surface area contributed by atoms with Crippen molar-refractivity contribution in [2.75, 3.05) is 0 Å². The van der Waals surface area contributed by atoms with Gasteiger partial charge in [-0.25, -0.2) is 0 Å². The maximum absolute atomic E-state index is 12.5. The third-order valence-electron chi connectivity index (χ3n) is 4.93. The lowest BCUT2D eigenvalue weighted by Crippen LogP contribution is -2.41. The fourth-order valence-corrected chi connectivity index (χ4v) is 3.52. The van der Waals surface area contributed by atoms with Crippen molar-refractivity contribution in [1.82, 2.24) is 10.5 Å². The Bertz CT molecular complexity index is 495. The van der Waals surface area contributed by atoms with Crippen LogP contribution in [-0.2, 0) is 12.8 Å². The fraction of sp³-hybridized carbons (Fsp3) is 0.750. The molecule has 1 aromatic rings. The summed E-state index contributed by atoms with van der Waals surface area (Å²) in [6.45, 7) is 4.45. The maximum atomic E-state index is 12.5. The van der Waals surface area contributed by atoms with Gasteiger partial charge in [0.25, 0.3) is 5.91 Å². The molecule has 0 saturated heterocycles. The molecule has 110 valence electrons. The zero-order valence-electron chi connectivity index (χ0n) is 12.4. The number of fused-ring (bicyclic) bond motifs is 1. The number of amides is 1. The average molecular weight is 276 g/mol. The molecule has 4 heteroatoms. The second-order valence-electron chi connectivity index (χ2n) is 6.62. The molecule has 2 aliphatic rings. The number of carbonyl (C=O) groups excluding carboxylic acids is 1. The summed E-state index contributed by atoms with van der Waals surface area (Å²) in [6, 6.07) is 0.296. The molecular weight excluding hydrogens is 252 g/mol. The van der Waals surface area contributed by atoms with E-state index in [0.717, 1.165) is 37.0 Å². The van der Waals surface area contributed by atoms with Crippen LogP contribution in [0.15, 0.2) is 4.52 Å². The first-order chi connectivity index (χ1) is 9.65. The SMILES string of the molecule is C[C@@H]1CCc2onc(C(=O)N[C@@H]3CCCC[C@@H]3C)c2C1. The highest BCUT2D eigenvalue weighted by molar-refractivity contribution is 5.94. The molecule has 4 nitrogen and oxygen atoms in total. The van der Waals surface area contributed by atoms with Gasteiger partial charge in [0.1, 0.15) is 5.76 Å². The minimum absolute atomic E-state index is 0.0390. The molecule has 1 N–H and O–H groups in total. The molecule has 1 aromatic heterocycles. The van der Waals surface area contributed by atoms with Crippen LogP contribution in [0.1, 0.15) is 67.8 Å². The van der Waals surface area contributed by atoms with Crippen LogP contribution in [0.3, 0.4) is 0 Å². The van der Waals surface area contributed by atoms with Crippen LogP contribution in [0.4, 0.5) is 0 Å². The monoisotopic (exact) mass is 276 g/mol. The van der Waals surface area contributed by atoms with E-state index < -0.39 is 0 Å². The molecule has 0 unspecified atom stereocenters. The van der Waals surface area contributed by atoms with Crippen molar-refractivity contribution in [3.63, 3.8) is 0 Å². The van der Waals surface area contributed by atoms with E-state index in [9.17, 15) is 4.79 Å². The van der Waals surface area contributed by atoms with Crippen molar-refractivity contribution in [2.24, 2.45) is 11.8 Å². The number of aryl methyl sites for hydroxylation is 1. The van der Waals surface area contributed by atoms with E-state index in [0.29, 0.717) is 23.6 Å². The molecule has 0 bridgehead atoms. The van der Waals surface area contributed by atoms with Crippen molar-refractivity contribution < 1.29 is 9.32 Å². The minimum atomic E-state index is -0.0390. The predicted octanol–water partition coefficient (Wildman–Crippen LogP) is 3.11. The lowest BCUT2D eigenvalue weighted by Gasteiger charge is -2.29. The summed E-state index contributed by atoms with van der Waals surface area (Å²) < 4.78 is 5.36. The van der Waals surface area contributed by atoms with Crippen LogP contribution in [0.5, 0.6) is 0 Å². The molecule has 1 saturated carbocycles. The highest BCUT2D eigenvalue weighted by atomic mass is 16.5. The Balaban J connectivity index is 1.73. The maximum Gasteiger partial charge on any atom is 0.273 e. The first-order valence-electron chi connectivity index (χ1n) is 7.93. The van der Waals surface area contributed by atoms with Crippen LogP contribution in [-0.4, -0.2) is 17.1 Å². The van der Waals surface area contributed by atoms with Gasteiger partial charge in [-0.2, -0.15) is 0 Å². The van der Waals surface area contributed by atoms with Gasteiger partial charge in [-0.05, 0) is 37.5 Å². The normalized spacial score (nSPS) is 29.8. The van der Waals surface area contributed by atoms with Crippen molar-refractivity contribution >= 4 is 5.91 Å². The number of nitrogens with one attached hydrogen (secondary N) is 1. The van der Waals surface area contributed by atoms with Gasteiger partial charge in [-0.15, -0.1) is 0 Å². The van der Waals surface area contributed by atoms with Gasteiger partial charge in [-0.1, -0.05) is 31.8 Å². The molecule has 3 rings (SSSR count). The summed E-state index contributed by atoms with van der Waals surface area (Å²) in [6.07, 6.45) is 7.75. The summed E-state index contributed by atoms with van der Waals surface area (Å²) >= 11 is 0. The van der Waals surface area contributed by atoms with Crippen LogP contribution < -0.4 is 5.32 Å². The lowest BCUT2D eigenvalue weighted by atomic mass is 9.85. The van der Waals surface area contributed by atoms with Crippen LogP contribution in [0, 0.1) is 11.8 Å². The molecule has 0 aliphatic heterocycles. The Morgan fingerprint density at radius 2 is 2.05 bits per heavy atom. The van der Waals surface area contributed by atoms with Gasteiger partial charge in [0.2, 0.25) is 0 Å². The highest BCUT2D eigenvalue weighted by Crippen LogP contribution is 2.29. The smallest absolute Gasteiger partial charge is 0.273 e. The first kappa shape index (κ1) is 13.7. The molecule has 0 radical (unpaired) electrons. The lowest BCUT2D eigenvalue weighted by molar-refractivity contribution is 0.0900. The van der Waals surface area contributed by atoms with Crippen molar-refractivity contribution in [1.29, 1.82) is 0 Å². The zero-order valence-corrected chi connectivity index (χ0v) is 12.4. The Hall–Kier alpha value is -1.32. The Morgan fingerprint density at radius 3 is 2.85 bits per heavy atom. The number of hydrogen-bond acceptors (Lipinski definition) is 3. The molecule has 1 heterocycles. The van der Waals surface area contributed by atoms with E-state index >= 15 is 0 Å². The zero-order chi connectivity index (χ0) is 14.1. The summed E-state index contributed by atoms with van der Waals surface area (Å²) in [5.74, 6) is 2.06. The van der Waals surface area contributed by atoms with E-state index in [1.54, 1.807) is 0 Å². The summed E-state index contributed by atoms with van der Waals surface area (Å²) in [7, 11) is 0. The average Bonchev–Trinajstić information content (AvgIpc) is 2.84.